The molecule has 0 bridgehead atoms. The van der Waals surface area contributed by atoms with Gasteiger partial charge in [-0.05, 0) is 25.1 Å². The molecule has 2 aliphatic rings. The van der Waals surface area contributed by atoms with Gasteiger partial charge >= 0.3 is 6.09 Å². The Morgan fingerprint density at radius 2 is 1.90 bits per heavy atom. The Hall–Kier alpha value is -2.74. The van der Waals surface area contributed by atoms with Crippen LogP contribution in [0.1, 0.15) is 18.2 Å². The standard InChI is InChI=1S/C21H28N4O4/c1-3-29-21(27)24-10-8-23(9-11-24)14-20(26)25-7-6-19-17(13-25)16-12-15(28-2)4-5-18(16)22-19/h4-5,12,22H,3,6-11,13-14H2,1-2H3. The Bertz CT molecular complexity index is 901. The highest BCUT2D eigenvalue weighted by Crippen LogP contribution is 2.30. The number of carbonyl (C=O) groups excluding carboxylic acids is 2. The molecule has 3 heterocycles. The van der Waals surface area contributed by atoms with E-state index in [4.69, 9.17) is 9.47 Å². The van der Waals surface area contributed by atoms with Crippen molar-refractivity contribution in [3.63, 3.8) is 0 Å². The van der Waals surface area contributed by atoms with E-state index in [0.29, 0.717) is 45.9 Å². The number of H-pyrrole nitrogens is 1. The van der Waals surface area contributed by atoms with Gasteiger partial charge < -0.3 is 24.3 Å². The van der Waals surface area contributed by atoms with Crippen molar-refractivity contribution in [3.05, 3.63) is 29.5 Å². The molecule has 0 aliphatic carbocycles. The molecule has 1 saturated heterocycles. The van der Waals surface area contributed by atoms with Gasteiger partial charge in [0, 0.05) is 67.8 Å². The first-order valence-electron chi connectivity index (χ1n) is 10.2. The molecule has 0 radical (unpaired) electrons. The molecule has 1 fully saturated rings. The number of rotatable bonds is 4. The molecule has 0 unspecified atom stereocenters. The van der Waals surface area contributed by atoms with Gasteiger partial charge in [0.1, 0.15) is 5.75 Å². The molecule has 0 atom stereocenters. The molecule has 4 rings (SSSR count). The van der Waals surface area contributed by atoms with Crippen molar-refractivity contribution in [1.29, 1.82) is 0 Å². The number of ether oxygens (including phenoxy) is 2. The summed E-state index contributed by atoms with van der Waals surface area (Å²) in [6.07, 6.45) is 0.561. The normalized spacial score (nSPS) is 17.3. The van der Waals surface area contributed by atoms with E-state index < -0.39 is 0 Å². The summed E-state index contributed by atoms with van der Waals surface area (Å²) >= 11 is 0. The van der Waals surface area contributed by atoms with E-state index in [1.165, 1.54) is 11.3 Å². The molecular formula is C21H28N4O4. The largest absolute Gasteiger partial charge is 0.497 e. The van der Waals surface area contributed by atoms with Crippen LogP contribution in [0.3, 0.4) is 0 Å². The summed E-state index contributed by atoms with van der Waals surface area (Å²) in [5, 5.41) is 1.12. The Morgan fingerprint density at radius 1 is 1.10 bits per heavy atom. The molecule has 0 spiro atoms. The third kappa shape index (κ3) is 4.03. The number of benzene rings is 1. The van der Waals surface area contributed by atoms with Crippen molar-refractivity contribution in [2.45, 2.75) is 19.9 Å². The number of carbonyl (C=O) groups is 2. The lowest BCUT2D eigenvalue weighted by molar-refractivity contribution is -0.133. The first kappa shape index (κ1) is 19.6. The number of methoxy groups -OCH3 is 1. The summed E-state index contributed by atoms with van der Waals surface area (Å²) in [6.45, 7) is 6.48. The maximum atomic E-state index is 12.9. The second kappa shape index (κ2) is 8.32. The molecule has 1 aromatic heterocycles. The number of nitrogens with one attached hydrogen (secondary N) is 1. The van der Waals surface area contributed by atoms with Crippen LogP contribution in [-0.2, 0) is 22.5 Å². The van der Waals surface area contributed by atoms with Gasteiger partial charge in [0.2, 0.25) is 5.91 Å². The summed E-state index contributed by atoms with van der Waals surface area (Å²) in [5.41, 5.74) is 3.48. The lowest BCUT2D eigenvalue weighted by Gasteiger charge is -2.35. The van der Waals surface area contributed by atoms with E-state index in [2.05, 4.69) is 9.88 Å². The molecule has 1 aromatic carbocycles. The Labute approximate surface area is 170 Å². The number of fused-ring (bicyclic) bond motifs is 3. The monoisotopic (exact) mass is 400 g/mol. The number of amides is 2. The second-order valence-electron chi connectivity index (χ2n) is 7.52. The van der Waals surface area contributed by atoms with Crippen molar-refractivity contribution < 1.29 is 19.1 Å². The maximum absolute atomic E-state index is 12.9. The number of hydrogen-bond acceptors (Lipinski definition) is 5. The molecule has 2 aliphatic heterocycles. The zero-order valence-electron chi connectivity index (χ0n) is 17.1. The zero-order valence-corrected chi connectivity index (χ0v) is 17.1. The van der Waals surface area contributed by atoms with Gasteiger partial charge in [-0.3, -0.25) is 9.69 Å². The highest BCUT2D eigenvalue weighted by atomic mass is 16.6. The van der Waals surface area contributed by atoms with Gasteiger partial charge in [-0.2, -0.15) is 0 Å². The topological polar surface area (TPSA) is 78.1 Å². The van der Waals surface area contributed by atoms with Crippen molar-refractivity contribution >= 4 is 22.9 Å². The molecule has 8 nitrogen and oxygen atoms in total. The lowest BCUT2D eigenvalue weighted by Crippen LogP contribution is -2.52. The highest BCUT2D eigenvalue weighted by molar-refractivity contribution is 5.87. The van der Waals surface area contributed by atoms with E-state index in [9.17, 15) is 9.59 Å². The minimum absolute atomic E-state index is 0.137. The maximum Gasteiger partial charge on any atom is 0.409 e. The lowest BCUT2D eigenvalue weighted by atomic mass is 10.0. The van der Waals surface area contributed by atoms with Crippen LogP contribution in [0, 0.1) is 0 Å². The molecule has 8 heteroatoms. The minimum atomic E-state index is -0.267. The van der Waals surface area contributed by atoms with Crippen LogP contribution in [0.25, 0.3) is 10.9 Å². The van der Waals surface area contributed by atoms with Crippen molar-refractivity contribution in [3.8, 4) is 5.75 Å². The molecule has 29 heavy (non-hydrogen) atoms. The Kier molecular flexibility index (Phi) is 5.62. The van der Waals surface area contributed by atoms with Crippen LogP contribution >= 0.6 is 0 Å². The fraction of sp³-hybridized carbons (Fsp3) is 0.524. The van der Waals surface area contributed by atoms with Gasteiger partial charge in [-0.15, -0.1) is 0 Å². The molecular weight excluding hydrogens is 372 g/mol. The minimum Gasteiger partial charge on any atom is -0.497 e. The van der Waals surface area contributed by atoms with Crippen molar-refractivity contribution in [2.24, 2.45) is 0 Å². The average Bonchev–Trinajstić information content (AvgIpc) is 3.11. The molecule has 156 valence electrons. The number of nitrogens with zero attached hydrogens (tertiary/aromatic N) is 3. The van der Waals surface area contributed by atoms with E-state index in [0.717, 1.165) is 29.6 Å². The quantitative estimate of drug-likeness (QED) is 0.847. The third-order valence-electron chi connectivity index (χ3n) is 5.79. The summed E-state index contributed by atoms with van der Waals surface area (Å²) < 4.78 is 10.4. The smallest absolute Gasteiger partial charge is 0.409 e. The number of piperazine rings is 1. The predicted molar refractivity (Wildman–Crippen MR) is 109 cm³/mol. The van der Waals surface area contributed by atoms with Crippen LogP contribution < -0.4 is 4.74 Å². The van der Waals surface area contributed by atoms with Crippen molar-refractivity contribution in [2.75, 3.05) is 53.0 Å². The predicted octanol–water partition coefficient (Wildman–Crippen LogP) is 1.84. The van der Waals surface area contributed by atoms with Crippen LogP contribution in [-0.4, -0.2) is 84.7 Å². The molecule has 2 amide bonds. The summed E-state index contributed by atoms with van der Waals surface area (Å²) in [6, 6.07) is 6.01. The highest BCUT2D eigenvalue weighted by Gasteiger charge is 2.27. The SMILES string of the molecule is CCOC(=O)N1CCN(CC(=O)N2CCc3[nH]c4ccc(OC)cc4c3C2)CC1. The van der Waals surface area contributed by atoms with Crippen LogP contribution in [0.4, 0.5) is 4.79 Å². The first-order valence-corrected chi connectivity index (χ1v) is 10.2. The molecule has 2 aromatic rings. The fourth-order valence-electron chi connectivity index (χ4n) is 4.13. The van der Waals surface area contributed by atoms with E-state index >= 15 is 0 Å². The third-order valence-corrected chi connectivity index (χ3v) is 5.79. The number of aromatic nitrogens is 1. The Morgan fingerprint density at radius 3 is 2.62 bits per heavy atom. The van der Waals surface area contributed by atoms with Gasteiger partial charge in [0.15, 0.2) is 0 Å². The van der Waals surface area contributed by atoms with Crippen LogP contribution in [0.5, 0.6) is 5.75 Å². The van der Waals surface area contributed by atoms with Crippen LogP contribution in [0.15, 0.2) is 18.2 Å². The van der Waals surface area contributed by atoms with Gasteiger partial charge in [0.25, 0.3) is 0 Å². The van der Waals surface area contributed by atoms with Gasteiger partial charge in [-0.25, -0.2) is 4.79 Å². The molecule has 1 N–H and O–H groups in total. The van der Waals surface area contributed by atoms with E-state index in [-0.39, 0.29) is 12.0 Å². The second-order valence-corrected chi connectivity index (χ2v) is 7.52. The van der Waals surface area contributed by atoms with Gasteiger partial charge in [0.05, 0.1) is 20.3 Å². The van der Waals surface area contributed by atoms with E-state index in [1.54, 1.807) is 18.9 Å². The van der Waals surface area contributed by atoms with Crippen molar-refractivity contribution in [1.82, 2.24) is 19.7 Å². The van der Waals surface area contributed by atoms with Crippen LogP contribution in [0.2, 0.25) is 0 Å². The Balaban J connectivity index is 1.37. The fourth-order valence-corrected chi connectivity index (χ4v) is 4.13. The summed E-state index contributed by atoms with van der Waals surface area (Å²) in [5.74, 6) is 0.958. The average molecular weight is 400 g/mol. The summed E-state index contributed by atoms with van der Waals surface area (Å²) in [4.78, 5) is 34.0. The number of hydrogen-bond donors (Lipinski definition) is 1. The zero-order chi connectivity index (χ0) is 20.4. The molecule has 0 saturated carbocycles. The van der Waals surface area contributed by atoms with Gasteiger partial charge in [-0.1, -0.05) is 0 Å². The first-order chi connectivity index (χ1) is 14.1. The van der Waals surface area contributed by atoms with E-state index in [1.807, 2.05) is 23.1 Å². The number of aromatic amines is 1. The summed E-state index contributed by atoms with van der Waals surface area (Å²) in [7, 11) is 1.66.